The first-order valence-corrected chi connectivity index (χ1v) is 6.01. The Balaban J connectivity index is 4.42. The van der Waals surface area contributed by atoms with E-state index in [1.165, 1.54) is 0 Å². The van der Waals surface area contributed by atoms with E-state index in [2.05, 4.69) is 4.99 Å². The van der Waals surface area contributed by atoms with Gasteiger partial charge in [0.15, 0.2) is 6.29 Å². The van der Waals surface area contributed by atoms with Gasteiger partial charge in [0.05, 0.1) is 12.5 Å². The molecule has 17 heavy (non-hydrogen) atoms. The van der Waals surface area contributed by atoms with Crippen molar-refractivity contribution in [2.45, 2.75) is 33.5 Å². The summed E-state index contributed by atoms with van der Waals surface area (Å²) < 4.78 is 15.8. The summed E-state index contributed by atoms with van der Waals surface area (Å²) in [5.74, 6) is -0.703. The summed E-state index contributed by atoms with van der Waals surface area (Å²) in [6.45, 7) is 7.01. The molecule has 0 spiro atoms. The number of aliphatic imine (C=N–C) groups is 1. The Bertz CT molecular complexity index is 225. The van der Waals surface area contributed by atoms with E-state index in [1.54, 1.807) is 20.2 Å². The Morgan fingerprint density at radius 3 is 2.18 bits per heavy atom. The standard InChI is InChI=1S/C12H23NO4/c1-5-15-11(16-6-2)8-10(9-13-4)12(14)17-7-3/h9-11H,5-8H2,1-4H3/b13-9+. The summed E-state index contributed by atoms with van der Waals surface area (Å²) in [6, 6.07) is 0. The fraction of sp³-hybridized carbons (Fsp3) is 0.833. The zero-order chi connectivity index (χ0) is 13.1. The summed E-state index contributed by atoms with van der Waals surface area (Å²) in [5.41, 5.74) is 0. The van der Waals surface area contributed by atoms with Crippen LogP contribution in [-0.2, 0) is 19.0 Å². The number of ether oxygens (including phenoxy) is 3. The number of carbonyl (C=O) groups excluding carboxylic acids is 1. The van der Waals surface area contributed by atoms with Crippen LogP contribution in [0.25, 0.3) is 0 Å². The summed E-state index contributed by atoms with van der Waals surface area (Å²) in [4.78, 5) is 15.5. The largest absolute Gasteiger partial charge is 0.465 e. The molecular formula is C12H23NO4. The van der Waals surface area contributed by atoms with Crippen molar-refractivity contribution in [2.75, 3.05) is 26.9 Å². The molecule has 0 saturated heterocycles. The van der Waals surface area contributed by atoms with Crippen LogP contribution in [-0.4, -0.2) is 45.3 Å². The zero-order valence-corrected chi connectivity index (χ0v) is 11.1. The smallest absolute Gasteiger partial charge is 0.314 e. The number of carbonyl (C=O) groups is 1. The first-order valence-electron chi connectivity index (χ1n) is 6.01. The zero-order valence-electron chi connectivity index (χ0n) is 11.1. The molecule has 0 aliphatic heterocycles. The number of esters is 1. The van der Waals surface area contributed by atoms with Crippen molar-refractivity contribution in [3.63, 3.8) is 0 Å². The second-order valence-corrected chi connectivity index (χ2v) is 3.34. The van der Waals surface area contributed by atoms with E-state index in [4.69, 9.17) is 14.2 Å². The van der Waals surface area contributed by atoms with Gasteiger partial charge in [-0.3, -0.25) is 9.79 Å². The second kappa shape index (κ2) is 10.2. The fourth-order valence-corrected chi connectivity index (χ4v) is 1.41. The minimum Gasteiger partial charge on any atom is -0.465 e. The highest BCUT2D eigenvalue weighted by Crippen LogP contribution is 2.11. The molecule has 0 fully saturated rings. The summed E-state index contributed by atoms with van der Waals surface area (Å²) in [7, 11) is 1.63. The molecule has 0 heterocycles. The second-order valence-electron chi connectivity index (χ2n) is 3.34. The highest BCUT2D eigenvalue weighted by molar-refractivity contribution is 5.89. The van der Waals surface area contributed by atoms with Gasteiger partial charge in [-0.1, -0.05) is 0 Å². The lowest BCUT2D eigenvalue weighted by atomic mass is 10.1. The fourth-order valence-electron chi connectivity index (χ4n) is 1.41. The van der Waals surface area contributed by atoms with Gasteiger partial charge in [0.25, 0.3) is 0 Å². The van der Waals surface area contributed by atoms with Gasteiger partial charge in [0, 0.05) is 32.9 Å². The predicted molar refractivity (Wildman–Crippen MR) is 66.2 cm³/mol. The Hall–Kier alpha value is -0.940. The maximum atomic E-state index is 11.7. The highest BCUT2D eigenvalue weighted by Gasteiger charge is 2.23. The lowest BCUT2D eigenvalue weighted by Gasteiger charge is -2.20. The molecule has 1 atom stereocenters. The molecule has 100 valence electrons. The van der Waals surface area contributed by atoms with Gasteiger partial charge in [-0.15, -0.1) is 0 Å². The minimum absolute atomic E-state index is 0.289. The predicted octanol–water partition coefficient (Wildman–Crippen LogP) is 1.66. The van der Waals surface area contributed by atoms with Crippen molar-refractivity contribution in [1.29, 1.82) is 0 Å². The van der Waals surface area contributed by atoms with Crippen molar-refractivity contribution in [3.05, 3.63) is 0 Å². The van der Waals surface area contributed by atoms with Gasteiger partial charge in [-0.2, -0.15) is 0 Å². The third kappa shape index (κ3) is 7.07. The minimum atomic E-state index is -0.414. The van der Waals surface area contributed by atoms with E-state index in [0.717, 1.165) is 0 Å². The Morgan fingerprint density at radius 2 is 1.76 bits per heavy atom. The molecule has 0 N–H and O–H groups in total. The lowest BCUT2D eigenvalue weighted by Crippen LogP contribution is -2.28. The van der Waals surface area contributed by atoms with Crippen LogP contribution in [0.2, 0.25) is 0 Å². The van der Waals surface area contributed by atoms with Crippen LogP contribution >= 0.6 is 0 Å². The Morgan fingerprint density at radius 1 is 1.18 bits per heavy atom. The maximum absolute atomic E-state index is 11.7. The van der Waals surface area contributed by atoms with Crippen LogP contribution in [0, 0.1) is 5.92 Å². The average molecular weight is 245 g/mol. The molecule has 5 nitrogen and oxygen atoms in total. The molecule has 0 aromatic carbocycles. The summed E-state index contributed by atoms with van der Waals surface area (Å²) in [5, 5.41) is 0. The van der Waals surface area contributed by atoms with E-state index in [0.29, 0.717) is 26.2 Å². The van der Waals surface area contributed by atoms with Crippen molar-refractivity contribution >= 4 is 12.2 Å². The topological polar surface area (TPSA) is 57.1 Å². The van der Waals surface area contributed by atoms with Crippen LogP contribution in [0.4, 0.5) is 0 Å². The summed E-state index contributed by atoms with van der Waals surface area (Å²) in [6.07, 6.45) is 1.61. The molecule has 0 saturated carbocycles. The van der Waals surface area contributed by atoms with Gasteiger partial charge in [0.2, 0.25) is 0 Å². The van der Waals surface area contributed by atoms with Gasteiger partial charge < -0.3 is 14.2 Å². The van der Waals surface area contributed by atoms with Crippen LogP contribution in [0.1, 0.15) is 27.2 Å². The monoisotopic (exact) mass is 245 g/mol. The first kappa shape index (κ1) is 16.1. The van der Waals surface area contributed by atoms with Gasteiger partial charge in [-0.05, 0) is 20.8 Å². The van der Waals surface area contributed by atoms with Crippen molar-refractivity contribution in [2.24, 2.45) is 10.9 Å². The molecule has 0 amide bonds. The van der Waals surface area contributed by atoms with Crippen LogP contribution < -0.4 is 0 Å². The van der Waals surface area contributed by atoms with E-state index in [9.17, 15) is 4.79 Å². The maximum Gasteiger partial charge on any atom is 0.314 e. The van der Waals surface area contributed by atoms with E-state index in [1.807, 2.05) is 13.8 Å². The van der Waals surface area contributed by atoms with Gasteiger partial charge >= 0.3 is 5.97 Å². The first-order chi connectivity index (χ1) is 8.19. The molecule has 0 radical (unpaired) electrons. The molecule has 0 bridgehead atoms. The molecule has 1 unspecified atom stereocenters. The number of rotatable bonds is 9. The van der Waals surface area contributed by atoms with E-state index in [-0.39, 0.29) is 5.97 Å². The highest BCUT2D eigenvalue weighted by atomic mass is 16.7. The molecule has 0 aliphatic carbocycles. The van der Waals surface area contributed by atoms with E-state index < -0.39 is 12.2 Å². The Kier molecular flexibility index (Phi) is 9.66. The molecule has 0 aliphatic rings. The number of hydrogen-bond acceptors (Lipinski definition) is 5. The normalized spacial score (nSPS) is 13.2. The third-order valence-electron chi connectivity index (χ3n) is 2.07. The SMILES string of the molecule is CCOC(=O)C(/C=N/C)CC(OCC)OCC. The molecule has 0 aromatic heterocycles. The molecule has 0 aromatic rings. The number of hydrogen-bond donors (Lipinski definition) is 0. The van der Waals surface area contributed by atoms with Crippen LogP contribution in [0.5, 0.6) is 0 Å². The van der Waals surface area contributed by atoms with Crippen molar-refractivity contribution in [3.8, 4) is 0 Å². The van der Waals surface area contributed by atoms with Crippen molar-refractivity contribution < 1.29 is 19.0 Å². The number of nitrogens with zero attached hydrogens (tertiary/aromatic N) is 1. The third-order valence-corrected chi connectivity index (χ3v) is 2.07. The Labute approximate surface area is 103 Å². The van der Waals surface area contributed by atoms with Crippen LogP contribution in [0.3, 0.4) is 0 Å². The lowest BCUT2D eigenvalue weighted by molar-refractivity contribution is -0.160. The van der Waals surface area contributed by atoms with E-state index >= 15 is 0 Å². The summed E-state index contributed by atoms with van der Waals surface area (Å²) >= 11 is 0. The molecular weight excluding hydrogens is 222 g/mol. The molecule has 0 rings (SSSR count). The van der Waals surface area contributed by atoms with Crippen LogP contribution in [0.15, 0.2) is 4.99 Å². The van der Waals surface area contributed by atoms with Gasteiger partial charge in [-0.25, -0.2) is 0 Å². The quantitative estimate of drug-likeness (QED) is 0.352. The van der Waals surface area contributed by atoms with Gasteiger partial charge in [0.1, 0.15) is 0 Å². The molecule has 5 heteroatoms. The average Bonchev–Trinajstić information content (AvgIpc) is 2.29. The van der Waals surface area contributed by atoms with Crippen molar-refractivity contribution in [1.82, 2.24) is 0 Å².